The topological polar surface area (TPSA) is 69.0 Å². The first-order valence-electron chi connectivity index (χ1n) is 9.65. The summed E-state index contributed by atoms with van der Waals surface area (Å²) >= 11 is 0. The van der Waals surface area contributed by atoms with Gasteiger partial charge < -0.3 is 13.9 Å². The quantitative estimate of drug-likeness (QED) is 0.668. The monoisotopic (exact) mass is 395 g/mol. The van der Waals surface area contributed by atoms with Gasteiger partial charge in [0, 0.05) is 17.5 Å². The lowest BCUT2D eigenvalue weighted by molar-refractivity contribution is -0.139. The summed E-state index contributed by atoms with van der Waals surface area (Å²) < 4.78 is 16.3. The Morgan fingerprint density at radius 2 is 1.45 bits per heavy atom. The predicted octanol–water partition coefficient (Wildman–Crippen LogP) is 4.56. The van der Waals surface area contributed by atoms with Gasteiger partial charge >= 0.3 is 11.9 Å². The first-order valence-corrected chi connectivity index (χ1v) is 9.65. The van der Waals surface area contributed by atoms with E-state index in [1.165, 1.54) is 0 Å². The van der Waals surface area contributed by atoms with Crippen molar-refractivity contribution in [3.05, 3.63) is 76.8 Å². The van der Waals surface area contributed by atoms with Gasteiger partial charge in [0.1, 0.15) is 0 Å². The predicted molar refractivity (Wildman–Crippen MR) is 109 cm³/mol. The molecule has 2 aromatic rings. The molecule has 0 N–H and O–H groups in total. The van der Waals surface area contributed by atoms with Crippen molar-refractivity contribution in [2.45, 2.75) is 33.6 Å². The third kappa shape index (κ3) is 3.83. The van der Waals surface area contributed by atoms with Crippen molar-refractivity contribution in [3.8, 4) is 0 Å². The minimum absolute atomic E-state index is 0.231. The van der Waals surface area contributed by atoms with Crippen molar-refractivity contribution in [2.24, 2.45) is 0 Å². The van der Waals surface area contributed by atoms with Crippen LogP contribution in [0.15, 0.2) is 75.7 Å². The number of carbonyl (C=O) groups is 2. The van der Waals surface area contributed by atoms with E-state index in [9.17, 15) is 9.59 Å². The summed E-state index contributed by atoms with van der Waals surface area (Å²) in [4.78, 5) is 27.8. The minimum atomic E-state index is -0.597. The highest BCUT2D eigenvalue weighted by Gasteiger charge is 2.41. The third-order valence-electron chi connectivity index (χ3n) is 4.88. The Hall–Kier alpha value is -3.28. The lowest BCUT2D eigenvalue weighted by Crippen LogP contribution is -2.35. The molecular formula is C23H25NO5. The smallest absolute Gasteiger partial charge is 0.336 e. The van der Waals surface area contributed by atoms with Crippen LogP contribution >= 0.6 is 0 Å². The molecule has 0 atom stereocenters. The summed E-state index contributed by atoms with van der Waals surface area (Å²) in [5, 5.41) is 0. The van der Waals surface area contributed by atoms with Crippen molar-refractivity contribution < 1.29 is 23.5 Å². The van der Waals surface area contributed by atoms with Crippen LogP contribution in [0.1, 0.15) is 39.2 Å². The third-order valence-corrected chi connectivity index (χ3v) is 4.88. The van der Waals surface area contributed by atoms with Gasteiger partial charge in [-0.2, -0.15) is 0 Å². The maximum atomic E-state index is 13.0. The molecule has 29 heavy (non-hydrogen) atoms. The van der Waals surface area contributed by atoms with Crippen molar-refractivity contribution >= 4 is 17.8 Å². The van der Waals surface area contributed by atoms with Crippen LogP contribution in [0.3, 0.4) is 0 Å². The Morgan fingerprint density at radius 1 is 0.897 bits per heavy atom. The minimum Gasteiger partial charge on any atom is -0.463 e. The number of allylic oxidation sites excluding steroid dienone is 2. The van der Waals surface area contributed by atoms with Crippen molar-refractivity contribution in [3.63, 3.8) is 0 Å². The van der Waals surface area contributed by atoms with Gasteiger partial charge in [-0.3, -0.25) is 4.90 Å². The van der Waals surface area contributed by atoms with E-state index in [1.807, 2.05) is 44.2 Å². The highest BCUT2D eigenvalue weighted by molar-refractivity contribution is 6.01. The number of furan rings is 1. The summed E-state index contributed by atoms with van der Waals surface area (Å²) in [6, 6.07) is 13.0. The molecule has 2 heterocycles. The second-order valence-corrected chi connectivity index (χ2v) is 6.57. The Kier molecular flexibility index (Phi) is 6.22. The maximum Gasteiger partial charge on any atom is 0.336 e. The molecule has 0 unspecified atom stereocenters. The van der Waals surface area contributed by atoms with Crippen LogP contribution in [-0.4, -0.2) is 25.2 Å². The number of hydrogen-bond donors (Lipinski definition) is 0. The molecule has 6 nitrogen and oxygen atoms in total. The zero-order chi connectivity index (χ0) is 21.0. The van der Waals surface area contributed by atoms with E-state index in [2.05, 4.69) is 0 Å². The molecule has 0 amide bonds. The van der Waals surface area contributed by atoms with Crippen molar-refractivity contribution in [1.29, 1.82) is 0 Å². The van der Waals surface area contributed by atoms with Crippen molar-refractivity contribution in [2.75, 3.05) is 18.1 Å². The van der Waals surface area contributed by atoms with Crippen molar-refractivity contribution in [1.82, 2.24) is 0 Å². The maximum absolute atomic E-state index is 13.0. The first kappa shape index (κ1) is 20.5. The highest BCUT2D eigenvalue weighted by Crippen LogP contribution is 2.44. The molecule has 152 valence electrons. The summed E-state index contributed by atoms with van der Waals surface area (Å²) in [7, 11) is 0. The molecule has 0 saturated carbocycles. The fourth-order valence-electron chi connectivity index (χ4n) is 3.71. The lowest BCUT2D eigenvalue weighted by atomic mass is 9.79. The molecular weight excluding hydrogens is 370 g/mol. The number of rotatable bonds is 6. The van der Waals surface area contributed by atoms with E-state index in [4.69, 9.17) is 13.9 Å². The van der Waals surface area contributed by atoms with E-state index in [0.717, 1.165) is 5.56 Å². The van der Waals surface area contributed by atoms with Crippen LogP contribution in [-0.2, 0) is 19.1 Å². The summed E-state index contributed by atoms with van der Waals surface area (Å²) in [5.41, 5.74) is 2.90. The van der Waals surface area contributed by atoms with E-state index >= 15 is 0 Å². The summed E-state index contributed by atoms with van der Waals surface area (Å²) in [5.74, 6) is -1.02. The molecule has 0 spiro atoms. The zero-order valence-electron chi connectivity index (χ0n) is 17.1. The largest absolute Gasteiger partial charge is 0.463 e. The average Bonchev–Trinajstić information content (AvgIpc) is 3.22. The molecule has 0 aliphatic carbocycles. The van der Waals surface area contributed by atoms with Crippen LogP contribution in [0, 0.1) is 0 Å². The van der Waals surface area contributed by atoms with Gasteiger partial charge in [0.15, 0.2) is 0 Å². The first-order chi connectivity index (χ1) is 14.0. The van der Waals surface area contributed by atoms with Gasteiger partial charge in [0.25, 0.3) is 0 Å². The number of carbonyl (C=O) groups excluding carboxylic acids is 2. The van der Waals surface area contributed by atoms with E-state index < -0.39 is 17.9 Å². The molecule has 0 radical (unpaired) electrons. The molecule has 1 aliphatic rings. The molecule has 1 aromatic heterocycles. The Bertz CT molecular complexity index is 899. The fraction of sp³-hybridized carbons (Fsp3) is 0.304. The van der Waals surface area contributed by atoms with Gasteiger partial charge in [0.05, 0.1) is 36.5 Å². The van der Waals surface area contributed by atoms with E-state index in [1.54, 1.807) is 37.1 Å². The normalized spacial score (nSPS) is 15.0. The second kappa shape index (κ2) is 8.82. The number of ether oxygens (including phenoxy) is 2. The second-order valence-electron chi connectivity index (χ2n) is 6.57. The van der Waals surface area contributed by atoms with Gasteiger partial charge in [-0.1, -0.05) is 30.3 Å². The average molecular weight is 395 g/mol. The molecule has 6 heteroatoms. The fourth-order valence-corrected chi connectivity index (χ4v) is 3.71. The molecule has 0 fully saturated rings. The number of hydrogen-bond acceptors (Lipinski definition) is 6. The Morgan fingerprint density at radius 3 is 1.90 bits per heavy atom. The van der Waals surface area contributed by atoms with E-state index in [0.29, 0.717) is 28.4 Å². The molecule has 1 aliphatic heterocycles. The zero-order valence-corrected chi connectivity index (χ0v) is 17.1. The van der Waals surface area contributed by atoms with Gasteiger partial charge in [-0.25, -0.2) is 9.59 Å². The molecule has 0 bridgehead atoms. The Labute approximate surface area is 170 Å². The lowest BCUT2D eigenvalue weighted by Gasteiger charge is -2.36. The van der Waals surface area contributed by atoms with E-state index in [-0.39, 0.29) is 13.2 Å². The molecule has 3 rings (SSSR count). The SMILES string of the molecule is CCOC(=O)C1=C(C)N(c2ccco2)C(C)=C(C(=O)OCC)C1c1ccccc1. The van der Waals surface area contributed by atoms with Gasteiger partial charge in [-0.05, 0) is 39.3 Å². The van der Waals surface area contributed by atoms with Crippen LogP contribution in [0.25, 0.3) is 0 Å². The number of nitrogens with zero attached hydrogens (tertiary/aromatic N) is 1. The number of benzene rings is 1. The Balaban J connectivity index is 2.28. The highest BCUT2D eigenvalue weighted by atomic mass is 16.5. The van der Waals surface area contributed by atoms with Crippen LogP contribution in [0.5, 0.6) is 0 Å². The van der Waals surface area contributed by atoms with Crippen LogP contribution in [0.2, 0.25) is 0 Å². The van der Waals surface area contributed by atoms with Gasteiger partial charge in [-0.15, -0.1) is 0 Å². The van der Waals surface area contributed by atoms with Crippen LogP contribution in [0.4, 0.5) is 5.88 Å². The summed E-state index contributed by atoms with van der Waals surface area (Å²) in [6.07, 6.45) is 1.55. The van der Waals surface area contributed by atoms with Crippen LogP contribution < -0.4 is 4.90 Å². The molecule has 1 aromatic carbocycles. The standard InChI is InChI=1S/C23H25NO5/c1-5-27-22(25)19-15(3)24(18-13-10-14-29-18)16(4)20(23(26)28-6-2)21(19)17-11-8-7-9-12-17/h7-14,21H,5-6H2,1-4H3. The molecule has 0 saturated heterocycles. The summed E-state index contributed by atoms with van der Waals surface area (Å²) in [6.45, 7) is 7.63. The van der Waals surface area contributed by atoms with Gasteiger partial charge in [0.2, 0.25) is 5.88 Å². The number of anilines is 1. The number of esters is 2.